The average molecular weight is 493 g/mol. The third-order valence-corrected chi connectivity index (χ3v) is 5.82. The number of fused-ring (bicyclic) bond motifs is 1. The number of aromatic nitrogens is 4. The van der Waals surface area contributed by atoms with Crippen molar-refractivity contribution >= 4 is 40.1 Å². The van der Waals surface area contributed by atoms with Crippen LogP contribution in [0.25, 0.3) is 16.6 Å². The molecule has 0 bridgehead atoms. The number of halogens is 2. The number of nitrogens with two attached hydrogens (primary N) is 2. The lowest BCUT2D eigenvalue weighted by atomic mass is 10.0. The van der Waals surface area contributed by atoms with E-state index in [0.717, 1.165) is 0 Å². The van der Waals surface area contributed by atoms with Crippen LogP contribution in [0.2, 0.25) is 5.02 Å². The summed E-state index contributed by atoms with van der Waals surface area (Å²) in [5, 5.41) is 13.0. The Bertz CT molecular complexity index is 1510. The summed E-state index contributed by atoms with van der Waals surface area (Å²) in [6.07, 6.45) is 1.07. The number of nitriles is 1. The van der Waals surface area contributed by atoms with Crippen LogP contribution >= 0.6 is 11.6 Å². The van der Waals surface area contributed by atoms with Gasteiger partial charge in [0.15, 0.2) is 5.82 Å². The molecule has 2 heterocycles. The molecule has 2 aromatic carbocycles. The second-order valence-electron chi connectivity index (χ2n) is 8.11. The maximum atomic E-state index is 14.0. The zero-order chi connectivity index (χ0) is 25.1. The van der Waals surface area contributed by atoms with E-state index in [1.54, 1.807) is 24.3 Å². The third kappa shape index (κ3) is 5.00. The van der Waals surface area contributed by atoms with Crippen molar-refractivity contribution in [1.29, 1.82) is 5.26 Å². The first-order valence-electron chi connectivity index (χ1n) is 10.8. The molecule has 0 saturated carbocycles. The molecule has 0 aliphatic rings. The van der Waals surface area contributed by atoms with Crippen molar-refractivity contribution in [2.75, 3.05) is 23.3 Å². The highest BCUT2D eigenvalue weighted by molar-refractivity contribution is 6.35. The predicted octanol–water partition coefficient (Wildman–Crippen LogP) is 3.69. The Morgan fingerprint density at radius 2 is 1.97 bits per heavy atom. The van der Waals surface area contributed by atoms with Crippen molar-refractivity contribution in [3.63, 3.8) is 0 Å². The van der Waals surface area contributed by atoms with Crippen LogP contribution in [0, 0.1) is 23.1 Å². The Hall–Kier alpha value is -4.23. The molecule has 0 aliphatic carbocycles. The van der Waals surface area contributed by atoms with Gasteiger partial charge in [-0.3, -0.25) is 9.36 Å². The van der Waals surface area contributed by atoms with Crippen molar-refractivity contribution in [3.05, 3.63) is 75.0 Å². The SMILES string of the molecule is CC(CCNc1nc(N)nc(N)c1C#N)Cc1nc2cccc(Cl)c2c(=O)n1-c1cccc(F)c1. The van der Waals surface area contributed by atoms with E-state index in [9.17, 15) is 14.4 Å². The molecular weight excluding hydrogens is 471 g/mol. The molecule has 4 rings (SSSR count). The molecule has 0 spiro atoms. The Kier molecular flexibility index (Phi) is 6.80. The summed E-state index contributed by atoms with van der Waals surface area (Å²) in [4.78, 5) is 26.0. The van der Waals surface area contributed by atoms with Crippen molar-refractivity contribution in [3.8, 4) is 11.8 Å². The van der Waals surface area contributed by atoms with E-state index < -0.39 is 5.82 Å². The van der Waals surface area contributed by atoms with E-state index in [0.29, 0.717) is 36.4 Å². The average Bonchev–Trinajstić information content (AvgIpc) is 2.79. The maximum Gasteiger partial charge on any atom is 0.267 e. The molecule has 11 heteroatoms. The smallest absolute Gasteiger partial charge is 0.267 e. The van der Waals surface area contributed by atoms with E-state index in [2.05, 4.69) is 15.3 Å². The third-order valence-electron chi connectivity index (χ3n) is 5.51. The van der Waals surface area contributed by atoms with Gasteiger partial charge in [-0.05, 0) is 42.7 Å². The molecule has 4 aromatic rings. The minimum absolute atomic E-state index is 0.00804. The zero-order valence-electron chi connectivity index (χ0n) is 18.8. The topological polar surface area (TPSA) is 149 Å². The number of nitrogens with zero attached hydrogens (tertiary/aromatic N) is 5. The minimum atomic E-state index is -0.464. The van der Waals surface area contributed by atoms with Crippen LogP contribution in [0.4, 0.5) is 22.0 Å². The van der Waals surface area contributed by atoms with E-state index in [-0.39, 0.29) is 45.0 Å². The summed E-state index contributed by atoms with van der Waals surface area (Å²) < 4.78 is 15.4. The summed E-state index contributed by atoms with van der Waals surface area (Å²) in [7, 11) is 0. The summed E-state index contributed by atoms with van der Waals surface area (Å²) in [5.41, 5.74) is 12.0. The van der Waals surface area contributed by atoms with Gasteiger partial charge in [-0.25, -0.2) is 9.37 Å². The van der Waals surface area contributed by atoms with Crippen LogP contribution in [-0.4, -0.2) is 26.1 Å². The first-order chi connectivity index (χ1) is 16.8. The van der Waals surface area contributed by atoms with Crippen LogP contribution in [0.5, 0.6) is 0 Å². The van der Waals surface area contributed by atoms with Gasteiger partial charge >= 0.3 is 0 Å². The Morgan fingerprint density at radius 3 is 2.71 bits per heavy atom. The van der Waals surface area contributed by atoms with Gasteiger partial charge in [-0.1, -0.05) is 30.7 Å². The van der Waals surface area contributed by atoms with E-state index in [1.165, 1.54) is 22.8 Å². The highest BCUT2D eigenvalue weighted by Gasteiger charge is 2.18. The molecule has 5 N–H and O–H groups in total. The Balaban J connectivity index is 1.62. The van der Waals surface area contributed by atoms with Crippen LogP contribution in [0.15, 0.2) is 47.3 Å². The second kappa shape index (κ2) is 9.95. The number of hydrogen-bond acceptors (Lipinski definition) is 8. The molecule has 2 aromatic heterocycles. The van der Waals surface area contributed by atoms with Gasteiger partial charge in [0.25, 0.3) is 5.56 Å². The van der Waals surface area contributed by atoms with Gasteiger partial charge < -0.3 is 16.8 Å². The van der Waals surface area contributed by atoms with E-state index in [1.807, 2.05) is 13.0 Å². The van der Waals surface area contributed by atoms with Gasteiger partial charge in [-0.15, -0.1) is 0 Å². The molecule has 0 fully saturated rings. The summed E-state index contributed by atoms with van der Waals surface area (Å²) in [6, 6.07) is 12.8. The Morgan fingerprint density at radius 1 is 1.20 bits per heavy atom. The lowest BCUT2D eigenvalue weighted by Crippen LogP contribution is -2.26. The number of nitrogens with one attached hydrogen (secondary N) is 1. The number of hydrogen-bond donors (Lipinski definition) is 3. The highest BCUT2D eigenvalue weighted by Crippen LogP contribution is 2.23. The number of benzene rings is 2. The number of anilines is 3. The minimum Gasteiger partial charge on any atom is -0.382 e. The monoisotopic (exact) mass is 492 g/mol. The maximum absolute atomic E-state index is 14.0. The fourth-order valence-electron chi connectivity index (χ4n) is 3.84. The van der Waals surface area contributed by atoms with Gasteiger partial charge in [0, 0.05) is 13.0 Å². The lowest BCUT2D eigenvalue weighted by molar-refractivity contribution is 0.523. The second-order valence-corrected chi connectivity index (χ2v) is 8.52. The summed E-state index contributed by atoms with van der Waals surface area (Å²) >= 11 is 6.30. The molecule has 35 heavy (non-hydrogen) atoms. The Labute approximate surface area is 205 Å². The van der Waals surface area contributed by atoms with Crippen molar-refractivity contribution in [1.82, 2.24) is 19.5 Å². The quantitative estimate of drug-likeness (QED) is 0.353. The molecule has 1 unspecified atom stereocenters. The van der Waals surface area contributed by atoms with Gasteiger partial charge in [0.05, 0.1) is 21.6 Å². The van der Waals surface area contributed by atoms with Gasteiger partial charge in [-0.2, -0.15) is 15.2 Å². The van der Waals surface area contributed by atoms with E-state index >= 15 is 0 Å². The molecule has 0 amide bonds. The van der Waals surface area contributed by atoms with Crippen LogP contribution in [-0.2, 0) is 6.42 Å². The van der Waals surface area contributed by atoms with Crippen molar-refractivity contribution in [2.45, 2.75) is 19.8 Å². The van der Waals surface area contributed by atoms with Crippen molar-refractivity contribution in [2.24, 2.45) is 5.92 Å². The molecular formula is C24H22ClFN8O. The molecule has 9 nitrogen and oxygen atoms in total. The lowest BCUT2D eigenvalue weighted by Gasteiger charge is -2.18. The molecule has 0 aliphatic heterocycles. The fraction of sp³-hybridized carbons (Fsp3) is 0.208. The van der Waals surface area contributed by atoms with Gasteiger partial charge in [0.2, 0.25) is 5.95 Å². The van der Waals surface area contributed by atoms with Crippen molar-refractivity contribution < 1.29 is 4.39 Å². The summed E-state index contributed by atoms with van der Waals surface area (Å²) in [5.74, 6) is 0.307. The molecule has 0 radical (unpaired) electrons. The van der Waals surface area contributed by atoms with Gasteiger partial charge in [0.1, 0.15) is 29.1 Å². The van der Waals surface area contributed by atoms with Crippen LogP contribution in [0.1, 0.15) is 24.7 Å². The molecule has 178 valence electrons. The predicted molar refractivity (Wildman–Crippen MR) is 134 cm³/mol. The number of rotatable bonds is 7. The highest BCUT2D eigenvalue weighted by atomic mass is 35.5. The van der Waals surface area contributed by atoms with Crippen LogP contribution in [0.3, 0.4) is 0 Å². The largest absolute Gasteiger partial charge is 0.382 e. The molecule has 0 saturated heterocycles. The van der Waals surface area contributed by atoms with Crippen LogP contribution < -0.4 is 22.3 Å². The molecule has 1 atom stereocenters. The first-order valence-corrected chi connectivity index (χ1v) is 11.2. The standard InChI is InChI=1S/C24H22ClFN8O/c1-13(8-9-30-22-16(12-27)21(28)32-24(29)33-22)10-19-31-18-7-3-6-17(25)20(18)23(35)34(19)15-5-2-4-14(26)11-15/h2-7,11,13H,8-10H2,1H3,(H5,28,29,30,32,33). The zero-order valence-corrected chi connectivity index (χ0v) is 19.6. The summed E-state index contributed by atoms with van der Waals surface area (Å²) in [6.45, 7) is 2.45. The van der Waals surface area contributed by atoms with E-state index in [4.69, 9.17) is 28.1 Å². The fourth-order valence-corrected chi connectivity index (χ4v) is 4.09. The number of nitrogen functional groups attached to an aromatic ring is 2. The normalized spacial score (nSPS) is 11.8. The first kappa shape index (κ1) is 23.9.